The van der Waals surface area contributed by atoms with Crippen molar-refractivity contribution in [1.29, 1.82) is 0 Å². The summed E-state index contributed by atoms with van der Waals surface area (Å²) in [5, 5.41) is 13.3. The van der Waals surface area contributed by atoms with Crippen molar-refractivity contribution in [3.05, 3.63) is 39.4 Å². The third-order valence-corrected chi connectivity index (χ3v) is 3.20. The lowest BCUT2D eigenvalue weighted by Gasteiger charge is -2.16. The molecule has 0 heterocycles. The molecule has 0 fully saturated rings. The van der Waals surface area contributed by atoms with Crippen LogP contribution in [-0.4, -0.2) is 17.4 Å². The zero-order valence-electron chi connectivity index (χ0n) is 11.4. The molecule has 0 spiro atoms. The maximum atomic E-state index is 13.1. The van der Waals surface area contributed by atoms with E-state index in [1.54, 1.807) is 0 Å². The zero-order valence-corrected chi connectivity index (χ0v) is 11.4. The molecule has 5 nitrogen and oxygen atoms in total. The molecule has 7 heteroatoms. The molecule has 1 atom stereocenters. The van der Waals surface area contributed by atoms with Gasteiger partial charge in [0.2, 0.25) is 0 Å². The normalized spacial score (nSPS) is 12.3. The second-order valence-corrected chi connectivity index (χ2v) is 4.97. The number of nitrogens with zero attached hydrogens (tertiary/aromatic N) is 1. The van der Waals surface area contributed by atoms with Crippen LogP contribution < -0.4 is 5.32 Å². The first-order chi connectivity index (χ1) is 9.23. The minimum atomic E-state index is -1.36. The number of hydrogen-bond donors (Lipinski definition) is 1. The van der Waals surface area contributed by atoms with Crippen LogP contribution in [0.3, 0.4) is 0 Å². The Hall–Kier alpha value is -2.05. The summed E-state index contributed by atoms with van der Waals surface area (Å²) in [5.74, 6) is -2.97. The smallest absolute Gasteiger partial charge is 0.285 e. The molecule has 0 saturated carbocycles. The van der Waals surface area contributed by atoms with Crippen molar-refractivity contribution in [3.63, 3.8) is 0 Å². The zero-order chi connectivity index (χ0) is 15.4. The Balaban J connectivity index is 2.98. The molecule has 0 saturated heterocycles. The molecule has 20 heavy (non-hydrogen) atoms. The molecule has 1 unspecified atom stereocenters. The van der Waals surface area contributed by atoms with Crippen molar-refractivity contribution in [3.8, 4) is 0 Å². The number of carbonyl (C=O) groups excluding carboxylic acids is 1. The van der Waals surface area contributed by atoms with Gasteiger partial charge in [0.25, 0.3) is 11.6 Å². The fraction of sp³-hybridized carbons (Fsp3) is 0.462. The highest BCUT2D eigenvalue weighted by Gasteiger charge is 2.24. The number of carbonyl (C=O) groups is 1. The highest BCUT2D eigenvalue weighted by Crippen LogP contribution is 2.22. The number of benzene rings is 1. The van der Waals surface area contributed by atoms with Crippen LogP contribution in [0.2, 0.25) is 0 Å². The Morgan fingerprint density at radius 1 is 1.30 bits per heavy atom. The lowest BCUT2D eigenvalue weighted by molar-refractivity contribution is -0.385. The first-order valence-electron chi connectivity index (χ1n) is 6.15. The molecule has 0 radical (unpaired) electrons. The average Bonchev–Trinajstić information content (AvgIpc) is 2.37. The predicted molar refractivity (Wildman–Crippen MR) is 69.3 cm³/mol. The number of nitro groups is 1. The third kappa shape index (κ3) is 3.72. The second kappa shape index (κ2) is 6.40. The van der Waals surface area contributed by atoms with Gasteiger partial charge in [0.15, 0.2) is 11.6 Å². The van der Waals surface area contributed by atoms with Crippen molar-refractivity contribution in [1.82, 2.24) is 5.32 Å². The van der Waals surface area contributed by atoms with Crippen LogP contribution in [0.5, 0.6) is 0 Å². The third-order valence-electron chi connectivity index (χ3n) is 3.20. The topological polar surface area (TPSA) is 72.2 Å². The summed E-state index contributed by atoms with van der Waals surface area (Å²) in [5.41, 5.74) is -1.23. The fourth-order valence-corrected chi connectivity index (χ4v) is 1.45. The Labute approximate surface area is 115 Å². The molecule has 1 rings (SSSR count). The van der Waals surface area contributed by atoms with E-state index in [4.69, 9.17) is 0 Å². The predicted octanol–water partition coefficient (Wildman–Crippen LogP) is 2.89. The van der Waals surface area contributed by atoms with Gasteiger partial charge >= 0.3 is 0 Å². The van der Waals surface area contributed by atoms with E-state index < -0.39 is 33.7 Å². The Morgan fingerprint density at radius 3 is 2.35 bits per heavy atom. The van der Waals surface area contributed by atoms with E-state index in [1.165, 1.54) is 0 Å². The lowest BCUT2D eigenvalue weighted by atomic mass is 9.98. The van der Waals surface area contributed by atoms with Gasteiger partial charge in [-0.3, -0.25) is 14.9 Å². The maximum absolute atomic E-state index is 13.1. The van der Waals surface area contributed by atoms with E-state index in [9.17, 15) is 23.7 Å². The summed E-state index contributed by atoms with van der Waals surface area (Å²) < 4.78 is 26.1. The van der Waals surface area contributed by atoms with E-state index >= 15 is 0 Å². The van der Waals surface area contributed by atoms with Crippen molar-refractivity contribution in [2.75, 3.05) is 6.54 Å². The molecule has 0 aliphatic carbocycles. The van der Waals surface area contributed by atoms with Gasteiger partial charge < -0.3 is 5.32 Å². The second-order valence-electron chi connectivity index (χ2n) is 4.97. The number of amides is 1. The van der Waals surface area contributed by atoms with Gasteiger partial charge in [-0.05, 0) is 17.9 Å². The summed E-state index contributed by atoms with van der Waals surface area (Å²) in [6.07, 6.45) is 0. The monoisotopic (exact) mass is 286 g/mol. The van der Waals surface area contributed by atoms with Gasteiger partial charge in [-0.15, -0.1) is 0 Å². The van der Waals surface area contributed by atoms with Gasteiger partial charge in [0.05, 0.1) is 11.0 Å². The number of halogens is 2. The summed E-state index contributed by atoms with van der Waals surface area (Å²) >= 11 is 0. The summed E-state index contributed by atoms with van der Waals surface area (Å²) in [4.78, 5) is 21.7. The van der Waals surface area contributed by atoms with E-state index in [0.29, 0.717) is 24.6 Å². The quantitative estimate of drug-likeness (QED) is 0.668. The fourth-order valence-electron chi connectivity index (χ4n) is 1.45. The molecule has 0 aromatic heterocycles. The first-order valence-corrected chi connectivity index (χ1v) is 6.15. The Kier molecular flexibility index (Phi) is 5.12. The highest BCUT2D eigenvalue weighted by atomic mass is 19.2. The van der Waals surface area contributed by atoms with E-state index in [2.05, 4.69) is 5.32 Å². The van der Waals surface area contributed by atoms with Crippen molar-refractivity contribution in [2.24, 2.45) is 11.8 Å². The molecule has 1 amide bonds. The maximum Gasteiger partial charge on any atom is 0.285 e. The van der Waals surface area contributed by atoms with Crippen LogP contribution in [0.1, 0.15) is 31.1 Å². The number of nitro benzene ring substituents is 1. The van der Waals surface area contributed by atoms with E-state index in [0.717, 1.165) is 0 Å². The van der Waals surface area contributed by atoms with Gasteiger partial charge in [-0.2, -0.15) is 0 Å². The minimum Gasteiger partial charge on any atom is -0.352 e. The van der Waals surface area contributed by atoms with Gasteiger partial charge in [0.1, 0.15) is 5.56 Å². The molecule has 0 aliphatic rings. The first kappa shape index (κ1) is 16.0. The van der Waals surface area contributed by atoms with Crippen molar-refractivity contribution in [2.45, 2.75) is 20.8 Å². The van der Waals surface area contributed by atoms with Gasteiger partial charge in [-0.1, -0.05) is 20.8 Å². The van der Waals surface area contributed by atoms with Crippen LogP contribution in [0.25, 0.3) is 0 Å². The van der Waals surface area contributed by atoms with Gasteiger partial charge in [-0.25, -0.2) is 8.78 Å². The van der Waals surface area contributed by atoms with Crippen LogP contribution in [0.15, 0.2) is 12.1 Å². The average molecular weight is 286 g/mol. The summed E-state index contributed by atoms with van der Waals surface area (Å²) in [6, 6.07) is 0.957. The van der Waals surface area contributed by atoms with Crippen LogP contribution in [-0.2, 0) is 0 Å². The summed E-state index contributed by atoms with van der Waals surface area (Å²) in [7, 11) is 0. The molecule has 1 aromatic carbocycles. The van der Waals surface area contributed by atoms with Crippen LogP contribution >= 0.6 is 0 Å². The number of hydrogen-bond acceptors (Lipinski definition) is 3. The Morgan fingerprint density at radius 2 is 1.85 bits per heavy atom. The standard InChI is InChI=1S/C13H16F2N2O3/c1-7(2)8(3)6-16-13(18)9-4-10(14)11(15)5-12(9)17(19)20/h4-5,7-8H,6H2,1-3H3,(H,16,18). The van der Waals surface area contributed by atoms with Gasteiger partial charge in [0, 0.05) is 6.54 Å². The van der Waals surface area contributed by atoms with Crippen molar-refractivity contribution < 1.29 is 18.5 Å². The molecule has 0 aliphatic heterocycles. The van der Waals surface area contributed by atoms with E-state index in [-0.39, 0.29) is 5.92 Å². The molecule has 1 N–H and O–H groups in total. The molecule has 1 aromatic rings. The van der Waals surface area contributed by atoms with Crippen LogP contribution in [0, 0.1) is 33.6 Å². The SMILES string of the molecule is CC(C)C(C)CNC(=O)c1cc(F)c(F)cc1[N+](=O)[O-]. The summed E-state index contributed by atoms with van der Waals surface area (Å²) in [6.45, 7) is 6.14. The largest absolute Gasteiger partial charge is 0.352 e. The lowest BCUT2D eigenvalue weighted by Crippen LogP contribution is -2.30. The van der Waals surface area contributed by atoms with Crippen LogP contribution in [0.4, 0.5) is 14.5 Å². The van der Waals surface area contributed by atoms with Crippen molar-refractivity contribution >= 4 is 11.6 Å². The number of rotatable bonds is 5. The molecule has 0 bridgehead atoms. The highest BCUT2D eigenvalue weighted by molar-refractivity contribution is 5.98. The molecular weight excluding hydrogens is 270 g/mol. The minimum absolute atomic E-state index is 0.156. The number of nitrogens with one attached hydrogen (secondary N) is 1. The Bertz CT molecular complexity index is 533. The molecule has 110 valence electrons. The molecular formula is C13H16F2N2O3. The van der Waals surface area contributed by atoms with E-state index in [1.807, 2.05) is 20.8 Å².